The van der Waals surface area contributed by atoms with Gasteiger partial charge in [-0.2, -0.15) is 0 Å². The highest BCUT2D eigenvalue weighted by Gasteiger charge is 1.94. The van der Waals surface area contributed by atoms with Gasteiger partial charge in [-0.3, -0.25) is 0 Å². The van der Waals surface area contributed by atoms with Crippen LogP contribution in [0.15, 0.2) is 24.3 Å². The predicted molar refractivity (Wildman–Crippen MR) is 43.0 cm³/mol. The second-order valence-corrected chi connectivity index (χ2v) is 2.96. The first-order chi connectivity index (χ1) is 4.79. The van der Waals surface area contributed by atoms with Crippen molar-refractivity contribution < 1.29 is 4.55 Å². The van der Waals surface area contributed by atoms with Crippen LogP contribution >= 0.6 is 0 Å². The van der Waals surface area contributed by atoms with Gasteiger partial charge >= 0.3 is 0 Å². The van der Waals surface area contributed by atoms with Crippen LogP contribution in [0.1, 0.15) is 0 Å². The Labute approximate surface area is 63.6 Å². The van der Waals surface area contributed by atoms with Crippen molar-refractivity contribution in [1.82, 2.24) is 0 Å². The molecular weight excluding hydrogens is 146 g/mol. The van der Waals surface area contributed by atoms with Gasteiger partial charge in [-0.05, 0) is 18.2 Å². The predicted octanol–water partition coefficient (Wildman–Crippen LogP) is 1.19. The zero-order chi connectivity index (χ0) is 7.40. The lowest BCUT2D eigenvalue weighted by atomic mass is 10.3. The summed E-state index contributed by atoms with van der Waals surface area (Å²) in [5.41, 5.74) is 0.836. The van der Waals surface area contributed by atoms with E-state index in [0.717, 1.165) is 5.69 Å². The van der Waals surface area contributed by atoms with E-state index in [1.54, 1.807) is 18.4 Å². The monoisotopic (exact) mass is 154 g/mol. The fourth-order valence-corrected chi connectivity index (χ4v) is 1.08. The molecule has 0 saturated carbocycles. The highest BCUT2D eigenvalue weighted by molar-refractivity contribution is 7.92. The average Bonchev–Trinajstić information content (AvgIpc) is 1.88. The Balaban J connectivity index is 2.59. The third-order valence-electron chi connectivity index (χ3n) is 0.969. The molecule has 0 aliphatic heterocycles. The van der Waals surface area contributed by atoms with Crippen molar-refractivity contribution in [2.24, 2.45) is 0 Å². The molecule has 0 amide bonds. The van der Waals surface area contributed by atoms with Crippen LogP contribution in [-0.4, -0.2) is 10.8 Å². The minimum Gasteiger partial charge on any atom is -0.593 e. The number of hydrogen-bond donors (Lipinski definition) is 1. The molecule has 10 heavy (non-hydrogen) atoms. The maximum Gasteiger partial charge on any atom is 0.121 e. The van der Waals surface area contributed by atoms with Gasteiger partial charge in [0, 0.05) is 0 Å². The second-order valence-electron chi connectivity index (χ2n) is 1.85. The summed E-state index contributed by atoms with van der Waals surface area (Å²) in [6.45, 7) is 0. The molecule has 0 aliphatic carbocycles. The fraction of sp³-hybridized carbons (Fsp3) is 0.143. The van der Waals surface area contributed by atoms with E-state index in [9.17, 15) is 4.55 Å². The third kappa shape index (κ3) is 2.29. The average molecular weight is 154 g/mol. The van der Waals surface area contributed by atoms with E-state index in [1.807, 2.05) is 12.1 Å². The van der Waals surface area contributed by atoms with Crippen LogP contribution in [0.5, 0.6) is 0 Å². The molecular formula is C7H8NOS. The number of anilines is 1. The molecule has 3 heteroatoms. The molecule has 0 aliphatic rings. The zero-order valence-corrected chi connectivity index (χ0v) is 6.44. The van der Waals surface area contributed by atoms with E-state index >= 15 is 0 Å². The van der Waals surface area contributed by atoms with Crippen molar-refractivity contribution >= 4 is 17.0 Å². The van der Waals surface area contributed by atoms with Crippen LogP contribution in [0.25, 0.3) is 0 Å². The number of hydrogen-bond acceptors (Lipinski definition) is 2. The molecule has 1 rings (SSSR count). The lowest BCUT2D eigenvalue weighted by Crippen LogP contribution is -2.09. The van der Waals surface area contributed by atoms with Crippen LogP contribution in [0.3, 0.4) is 0 Å². The number of benzene rings is 1. The molecule has 1 aromatic carbocycles. The minimum atomic E-state index is -0.987. The summed E-state index contributed by atoms with van der Waals surface area (Å²) < 4.78 is 13.3. The minimum absolute atomic E-state index is 0.836. The molecule has 0 fully saturated rings. The Morgan fingerprint density at radius 3 is 3.00 bits per heavy atom. The SMILES string of the molecule is C[S+]([O-])Nc1c[c]ccc1. The summed E-state index contributed by atoms with van der Waals surface area (Å²) in [4.78, 5) is 0. The Morgan fingerprint density at radius 1 is 1.70 bits per heavy atom. The second kappa shape index (κ2) is 3.49. The van der Waals surface area contributed by atoms with E-state index < -0.39 is 11.4 Å². The standard InChI is InChI=1S/C7H8NOS/c1-10(9)8-7-5-3-2-4-6-7/h2-3,5-6,8H,1H3. The molecule has 2 nitrogen and oxygen atoms in total. The van der Waals surface area contributed by atoms with Crippen LogP contribution in [0.2, 0.25) is 0 Å². The van der Waals surface area contributed by atoms with Gasteiger partial charge in [0.25, 0.3) is 0 Å². The highest BCUT2D eigenvalue weighted by Crippen LogP contribution is 2.05. The normalized spacial score (nSPS) is 12.6. The fourth-order valence-electron chi connectivity index (χ4n) is 0.623. The van der Waals surface area contributed by atoms with Crippen LogP contribution in [0.4, 0.5) is 5.69 Å². The molecule has 0 saturated heterocycles. The van der Waals surface area contributed by atoms with Gasteiger partial charge < -0.3 is 4.55 Å². The number of rotatable bonds is 2. The molecule has 0 aromatic heterocycles. The van der Waals surface area contributed by atoms with E-state index in [2.05, 4.69) is 10.8 Å². The first-order valence-corrected chi connectivity index (χ1v) is 4.41. The van der Waals surface area contributed by atoms with Crippen LogP contribution < -0.4 is 4.72 Å². The molecule has 0 bridgehead atoms. The molecule has 0 heterocycles. The van der Waals surface area contributed by atoms with E-state index in [0.29, 0.717) is 0 Å². The lowest BCUT2D eigenvalue weighted by molar-refractivity contribution is 0.605. The van der Waals surface area contributed by atoms with Crippen LogP contribution in [-0.2, 0) is 11.4 Å². The largest absolute Gasteiger partial charge is 0.593 e. The van der Waals surface area contributed by atoms with Gasteiger partial charge in [-0.25, -0.2) is 4.72 Å². The summed E-state index contributed by atoms with van der Waals surface area (Å²) >= 11 is -0.987. The summed E-state index contributed by atoms with van der Waals surface area (Å²) in [7, 11) is 0. The van der Waals surface area contributed by atoms with Gasteiger partial charge in [0.1, 0.15) is 6.26 Å². The zero-order valence-electron chi connectivity index (χ0n) is 5.63. The summed E-state index contributed by atoms with van der Waals surface area (Å²) in [5.74, 6) is 0. The molecule has 1 radical (unpaired) electrons. The van der Waals surface area contributed by atoms with E-state index in [4.69, 9.17) is 0 Å². The van der Waals surface area contributed by atoms with Crippen molar-refractivity contribution in [2.45, 2.75) is 0 Å². The van der Waals surface area contributed by atoms with Gasteiger partial charge in [0.15, 0.2) is 0 Å². The lowest BCUT2D eigenvalue weighted by Gasteiger charge is -2.05. The molecule has 1 N–H and O–H groups in total. The highest BCUT2D eigenvalue weighted by atomic mass is 32.2. The first kappa shape index (κ1) is 7.44. The Morgan fingerprint density at radius 2 is 2.50 bits per heavy atom. The molecule has 1 aromatic rings. The summed E-state index contributed by atoms with van der Waals surface area (Å²) in [6, 6.07) is 10.1. The third-order valence-corrected chi connectivity index (χ3v) is 1.49. The summed E-state index contributed by atoms with van der Waals surface area (Å²) in [5, 5.41) is 0. The maximum absolute atomic E-state index is 10.6. The van der Waals surface area contributed by atoms with Crippen LogP contribution in [0, 0.1) is 6.07 Å². The number of nitrogens with one attached hydrogen (secondary N) is 1. The van der Waals surface area contributed by atoms with Gasteiger partial charge in [-0.1, -0.05) is 12.1 Å². The van der Waals surface area contributed by atoms with Gasteiger partial charge in [-0.15, -0.1) is 0 Å². The Kier molecular flexibility index (Phi) is 2.59. The maximum atomic E-state index is 10.6. The van der Waals surface area contributed by atoms with E-state index in [-0.39, 0.29) is 0 Å². The Bertz CT molecular complexity index is 188. The molecule has 1 unspecified atom stereocenters. The van der Waals surface area contributed by atoms with Gasteiger partial charge in [0.05, 0.1) is 17.0 Å². The smallest absolute Gasteiger partial charge is 0.121 e. The van der Waals surface area contributed by atoms with Crippen molar-refractivity contribution in [3.8, 4) is 0 Å². The molecule has 1 atom stereocenters. The van der Waals surface area contributed by atoms with Gasteiger partial charge in [0.2, 0.25) is 0 Å². The molecule has 53 valence electrons. The van der Waals surface area contributed by atoms with Crippen molar-refractivity contribution in [3.63, 3.8) is 0 Å². The molecule has 0 spiro atoms. The van der Waals surface area contributed by atoms with Crippen molar-refractivity contribution in [3.05, 3.63) is 30.3 Å². The Hall–Kier alpha value is -0.670. The topological polar surface area (TPSA) is 35.1 Å². The summed E-state index contributed by atoms with van der Waals surface area (Å²) in [6.07, 6.45) is 1.59. The van der Waals surface area contributed by atoms with Crippen molar-refractivity contribution in [2.75, 3.05) is 11.0 Å². The van der Waals surface area contributed by atoms with Crippen molar-refractivity contribution in [1.29, 1.82) is 0 Å². The quantitative estimate of drug-likeness (QED) is 0.649. The first-order valence-electron chi connectivity index (χ1n) is 2.85. The van der Waals surface area contributed by atoms with E-state index in [1.165, 1.54) is 0 Å².